The highest BCUT2D eigenvalue weighted by Gasteiger charge is 2.35. The number of aliphatic carboxylic acids is 1. The Morgan fingerprint density at radius 1 is 0.800 bits per heavy atom. The summed E-state index contributed by atoms with van der Waals surface area (Å²) < 4.78 is 0. The van der Waals surface area contributed by atoms with Crippen LogP contribution in [0.2, 0.25) is 0 Å². The minimum atomic E-state index is -0.873. The van der Waals surface area contributed by atoms with Crippen LogP contribution >= 0.6 is 0 Å². The van der Waals surface area contributed by atoms with Crippen LogP contribution in [-0.2, 0) is 9.59 Å². The highest BCUT2D eigenvalue weighted by Crippen LogP contribution is 2.31. The molecular weight excluding hydrogens is 316 g/mol. The highest BCUT2D eigenvalue weighted by molar-refractivity contribution is 5.95. The molecule has 1 saturated carbocycles. The second kappa shape index (κ2) is 7.83. The third kappa shape index (κ3) is 4.38. The second-order valence-corrected chi connectivity index (χ2v) is 6.39. The van der Waals surface area contributed by atoms with Crippen LogP contribution in [0.25, 0.3) is 0 Å². The Bertz CT molecular complexity index is 728. The molecule has 1 fully saturated rings. The van der Waals surface area contributed by atoms with Crippen molar-refractivity contribution in [1.82, 2.24) is 0 Å². The molecule has 1 unspecified atom stereocenters. The summed E-state index contributed by atoms with van der Waals surface area (Å²) >= 11 is 0. The Morgan fingerprint density at radius 2 is 1.36 bits per heavy atom. The fourth-order valence-corrected chi connectivity index (χ4v) is 3.30. The van der Waals surface area contributed by atoms with E-state index >= 15 is 0 Å². The zero-order valence-electron chi connectivity index (χ0n) is 13.9. The maximum absolute atomic E-state index is 12.5. The molecule has 3 N–H and O–H groups in total. The summed E-state index contributed by atoms with van der Waals surface area (Å²) in [6, 6.07) is 17.2. The van der Waals surface area contributed by atoms with Gasteiger partial charge in [0.1, 0.15) is 0 Å². The number of hydrogen-bond acceptors (Lipinski definition) is 3. The topological polar surface area (TPSA) is 78.4 Å². The fourth-order valence-electron chi connectivity index (χ4n) is 3.30. The van der Waals surface area contributed by atoms with Crippen molar-refractivity contribution in [2.75, 3.05) is 10.6 Å². The Balaban J connectivity index is 1.62. The molecule has 5 nitrogen and oxygen atoms in total. The van der Waals surface area contributed by atoms with E-state index < -0.39 is 17.8 Å². The predicted octanol–water partition coefficient (Wildman–Crippen LogP) is 4.26. The molecule has 0 bridgehead atoms. The van der Waals surface area contributed by atoms with Crippen molar-refractivity contribution >= 4 is 28.9 Å². The molecule has 0 heterocycles. The van der Waals surface area contributed by atoms with Crippen LogP contribution in [0.1, 0.15) is 25.7 Å². The van der Waals surface area contributed by atoms with Crippen molar-refractivity contribution in [2.24, 2.45) is 11.8 Å². The lowest BCUT2D eigenvalue weighted by Gasteiger charge is -2.27. The Kier molecular flexibility index (Phi) is 5.33. The number of benzene rings is 2. The molecule has 0 aromatic heterocycles. The van der Waals surface area contributed by atoms with Crippen molar-refractivity contribution < 1.29 is 14.7 Å². The molecule has 0 saturated heterocycles. The summed E-state index contributed by atoms with van der Waals surface area (Å²) in [7, 11) is 0. The van der Waals surface area contributed by atoms with Crippen molar-refractivity contribution in [2.45, 2.75) is 25.7 Å². The fraction of sp³-hybridized carbons (Fsp3) is 0.300. The molecule has 0 radical (unpaired) electrons. The van der Waals surface area contributed by atoms with Gasteiger partial charge in [-0.15, -0.1) is 0 Å². The van der Waals surface area contributed by atoms with E-state index in [0.29, 0.717) is 18.5 Å². The average Bonchev–Trinajstić information content (AvgIpc) is 2.64. The monoisotopic (exact) mass is 338 g/mol. The van der Waals surface area contributed by atoms with E-state index in [0.717, 1.165) is 24.2 Å². The number of amides is 1. The standard InChI is InChI=1S/C20H22N2O3/c23-19(17-8-4-5-9-18(17)20(24)25)22-16-12-10-15(11-13-16)21-14-6-2-1-3-7-14/h1-3,6-7,10-13,17-18,21H,4-5,8-9H2,(H,22,23)(H,24,25)/t17?,18-/m0/s1. The first-order valence-electron chi connectivity index (χ1n) is 8.59. The third-order valence-corrected chi connectivity index (χ3v) is 4.63. The van der Waals surface area contributed by atoms with E-state index in [1.807, 2.05) is 54.6 Å². The summed E-state index contributed by atoms with van der Waals surface area (Å²) in [6.45, 7) is 0. The molecule has 1 aliphatic rings. The van der Waals surface area contributed by atoms with Crippen LogP contribution in [0.15, 0.2) is 54.6 Å². The number of anilines is 3. The summed E-state index contributed by atoms with van der Waals surface area (Å²) in [6.07, 6.45) is 2.99. The molecule has 2 atom stereocenters. The van der Waals surface area contributed by atoms with E-state index in [1.54, 1.807) is 0 Å². The van der Waals surface area contributed by atoms with Crippen molar-refractivity contribution in [3.63, 3.8) is 0 Å². The Hall–Kier alpha value is -2.82. The number of rotatable bonds is 5. The minimum Gasteiger partial charge on any atom is -0.481 e. The van der Waals surface area contributed by atoms with Gasteiger partial charge in [-0.2, -0.15) is 0 Å². The molecule has 5 heteroatoms. The maximum atomic E-state index is 12.5. The van der Waals surface area contributed by atoms with Gasteiger partial charge in [0.25, 0.3) is 0 Å². The number of hydrogen-bond donors (Lipinski definition) is 3. The number of carbonyl (C=O) groups excluding carboxylic acids is 1. The lowest BCUT2D eigenvalue weighted by molar-refractivity contribution is -0.147. The molecule has 0 aliphatic heterocycles. The average molecular weight is 338 g/mol. The normalized spacial score (nSPS) is 19.8. The summed E-state index contributed by atoms with van der Waals surface area (Å²) in [5.74, 6) is -2.10. The van der Waals surface area contributed by atoms with E-state index in [4.69, 9.17) is 0 Å². The van der Waals surface area contributed by atoms with Crippen LogP contribution < -0.4 is 10.6 Å². The van der Waals surface area contributed by atoms with Crippen LogP contribution in [0.3, 0.4) is 0 Å². The van der Waals surface area contributed by atoms with Crippen molar-refractivity contribution in [3.05, 3.63) is 54.6 Å². The third-order valence-electron chi connectivity index (χ3n) is 4.63. The van der Waals surface area contributed by atoms with Gasteiger partial charge in [0.05, 0.1) is 11.8 Å². The van der Waals surface area contributed by atoms with E-state index in [9.17, 15) is 14.7 Å². The van der Waals surface area contributed by atoms with Gasteiger partial charge in [-0.25, -0.2) is 0 Å². The van der Waals surface area contributed by atoms with Gasteiger partial charge in [-0.1, -0.05) is 31.0 Å². The molecule has 1 amide bonds. The van der Waals surface area contributed by atoms with Gasteiger partial charge in [-0.05, 0) is 49.2 Å². The summed E-state index contributed by atoms with van der Waals surface area (Å²) in [5, 5.41) is 15.4. The van der Waals surface area contributed by atoms with E-state index in [2.05, 4.69) is 10.6 Å². The summed E-state index contributed by atoms with van der Waals surface area (Å²) in [5.41, 5.74) is 2.59. The van der Waals surface area contributed by atoms with Gasteiger partial charge in [0.2, 0.25) is 5.91 Å². The number of carboxylic acid groups (broad SMARTS) is 1. The molecule has 130 valence electrons. The van der Waals surface area contributed by atoms with Crippen LogP contribution in [0, 0.1) is 11.8 Å². The van der Waals surface area contributed by atoms with Crippen LogP contribution in [0.5, 0.6) is 0 Å². The largest absolute Gasteiger partial charge is 0.481 e. The molecule has 0 spiro atoms. The van der Waals surface area contributed by atoms with Gasteiger partial charge in [0, 0.05) is 17.1 Å². The quantitative estimate of drug-likeness (QED) is 0.761. The van der Waals surface area contributed by atoms with Crippen molar-refractivity contribution in [1.29, 1.82) is 0 Å². The first-order valence-corrected chi connectivity index (χ1v) is 8.59. The highest BCUT2D eigenvalue weighted by atomic mass is 16.4. The van der Waals surface area contributed by atoms with Crippen LogP contribution in [0.4, 0.5) is 17.1 Å². The first kappa shape index (κ1) is 17.0. The smallest absolute Gasteiger partial charge is 0.307 e. The Morgan fingerprint density at radius 3 is 2.00 bits per heavy atom. The number of nitrogens with one attached hydrogen (secondary N) is 2. The molecule has 3 rings (SSSR count). The molecule has 2 aromatic carbocycles. The Labute approximate surface area is 147 Å². The van der Waals surface area contributed by atoms with Crippen molar-refractivity contribution in [3.8, 4) is 0 Å². The van der Waals surface area contributed by atoms with Crippen LogP contribution in [-0.4, -0.2) is 17.0 Å². The van der Waals surface area contributed by atoms with Gasteiger partial charge < -0.3 is 15.7 Å². The van der Waals surface area contributed by atoms with E-state index in [1.165, 1.54) is 0 Å². The predicted molar refractivity (Wildman–Crippen MR) is 97.9 cm³/mol. The lowest BCUT2D eigenvalue weighted by Crippen LogP contribution is -2.36. The molecular formula is C20H22N2O3. The molecule has 1 aliphatic carbocycles. The van der Waals surface area contributed by atoms with Gasteiger partial charge in [0.15, 0.2) is 0 Å². The maximum Gasteiger partial charge on any atom is 0.307 e. The first-order chi connectivity index (χ1) is 12.1. The molecule has 2 aromatic rings. The summed E-state index contributed by atoms with van der Waals surface area (Å²) in [4.78, 5) is 23.8. The molecule has 25 heavy (non-hydrogen) atoms. The lowest BCUT2D eigenvalue weighted by atomic mass is 9.78. The van der Waals surface area contributed by atoms with Gasteiger partial charge in [-0.3, -0.25) is 9.59 Å². The number of carbonyl (C=O) groups is 2. The van der Waals surface area contributed by atoms with E-state index in [-0.39, 0.29) is 5.91 Å². The zero-order valence-corrected chi connectivity index (χ0v) is 13.9. The zero-order chi connectivity index (χ0) is 17.6. The number of para-hydroxylation sites is 1. The minimum absolute atomic E-state index is 0.198. The number of carboxylic acids is 1. The SMILES string of the molecule is O=C(Nc1ccc(Nc2ccccc2)cc1)C1CCCC[C@@H]1C(=O)O. The van der Waals surface area contributed by atoms with Gasteiger partial charge >= 0.3 is 5.97 Å². The second-order valence-electron chi connectivity index (χ2n) is 6.39.